The van der Waals surface area contributed by atoms with Crippen LogP contribution in [-0.4, -0.2) is 24.6 Å². The summed E-state index contributed by atoms with van der Waals surface area (Å²) in [5, 5.41) is 0. The molecule has 2 heteroatoms. The Hall–Kier alpha value is 0.720. The van der Waals surface area contributed by atoms with Crippen LogP contribution in [0, 0.1) is 0 Å². The van der Waals surface area contributed by atoms with Gasteiger partial charge in [-0.1, -0.05) is 79.1 Å². The summed E-state index contributed by atoms with van der Waals surface area (Å²) in [5.74, 6) is 0. The molecule has 0 unspecified atom stereocenters. The first-order chi connectivity index (χ1) is 10.7. The van der Waals surface area contributed by atoms with Crippen molar-refractivity contribution >= 4 is 7.26 Å². The second kappa shape index (κ2) is 19.1. The molecule has 142 valence electrons. The van der Waals surface area contributed by atoms with Gasteiger partial charge in [-0.15, -0.1) is 0 Å². The molecule has 0 spiro atoms. The molecule has 0 nitrogen and oxygen atoms in total. The normalized spacial score (nSPS) is 11.5. The van der Waals surface area contributed by atoms with E-state index in [-0.39, 0.29) is 12.4 Å². The zero-order valence-corrected chi connectivity index (χ0v) is 18.5. The van der Waals surface area contributed by atoms with Gasteiger partial charge in [0.1, 0.15) is 0 Å². The largest absolute Gasteiger partial charge is 1.00 e. The molecule has 23 heavy (non-hydrogen) atoms. The van der Waals surface area contributed by atoms with Crippen molar-refractivity contribution < 1.29 is 12.4 Å². The van der Waals surface area contributed by atoms with Gasteiger partial charge >= 0.3 is 0 Å². The molecule has 0 amide bonds. The molecule has 0 aliphatic heterocycles. The maximum absolute atomic E-state index is 2.40. The highest BCUT2D eigenvalue weighted by Crippen LogP contribution is 2.60. The average molecular weight is 365 g/mol. The Labute approximate surface area is 155 Å². The van der Waals surface area contributed by atoms with Crippen LogP contribution in [0.2, 0.25) is 0 Å². The van der Waals surface area contributed by atoms with E-state index in [0.29, 0.717) is 0 Å². The van der Waals surface area contributed by atoms with Crippen LogP contribution in [0.15, 0.2) is 0 Å². The minimum absolute atomic E-state index is 0. The number of halogens is 1. The number of rotatable bonds is 17. The van der Waals surface area contributed by atoms with Crippen molar-refractivity contribution in [1.82, 2.24) is 0 Å². The topological polar surface area (TPSA) is 0 Å². The first-order valence-corrected chi connectivity index (χ1v) is 13.1. The smallest absolute Gasteiger partial charge is 0.0594 e. The van der Waals surface area contributed by atoms with Gasteiger partial charge in [0, 0.05) is 7.26 Å². The summed E-state index contributed by atoms with van der Waals surface area (Å²) in [7, 11) is -0.570. The molecule has 0 bridgehead atoms. The van der Waals surface area contributed by atoms with E-state index in [1.54, 1.807) is 24.6 Å². The highest BCUT2D eigenvalue weighted by atomic mass is 35.5. The van der Waals surface area contributed by atoms with Gasteiger partial charge in [-0.2, -0.15) is 0 Å². The zero-order valence-electron chi connectivity index (χ0n) is 16.8. The van der Waals surface area contributed by atoms with Gasteiger partial charge in [0.05, 0.1) is 24.6 Å². The molecule has 0 atom stereocenters. The van der Waals surface area contributed by atoms with E-state index < -0.39 is 7.26 Å². The van der Waals surface area contributed by atoms with Crippen LogP contribution in [-0.2, 0) is 0 Å². The van der Waals surface area contributed by atoms with Crippen LogP contribution >= 0.6 is 7.26 Å². The maximum Gasteiger partial charge on any atom is 0.0594 e. The Morgan fingerprint density at radius 3 is 1.09 bits per heavy atom. The predicted octanol–water partition coefficient (Wildman–Crippen LogP) is 5.16. The summed E-state index contributed by atoms with van der Waals surface area (Å²) in [6.45, 7) is 9.51. The summed E-state index contributed by atoms with van der Waals surface area (Å²) in [5.41, 5.74) is 0. The Kier molecular flexibility index (Phi) is 21.5. The SMILES string of the molecule is CCCCCCCCCCCC[P+](CCC)(CCC)CCC.[Cl-]. The maximum atomic E-state index is 2.40. The Balaban J connectivity index is 0. The van der Waals surface area contributed by atoms with Crippen LogP contribution < -0.4 is 12.4 Å². The molecule has 0 heterocycles. The van der Waals surface area contributed by atoms with E-state index in [1.807, 2.05) is 0 Å². The lowest BCUT2D eigenvalue weighted by atomic mass is 10.1. The molecule has 0 saturated heterocycles. The molecule has 0 aliphatic carbocycles. The molecule has 0 aliphatic rings. The van der Waals surface area contributed by atoms with Gasteiger partial charge in [-0.05, 0) is 32.1 Å². The van der Waals surface area contributed by atoms with Gasteiger partial charge < -0.3 is 12.4 Å². The van der Waals surface area contributed by atoms with Gasteiger partial charge in [0.2, 0.25) is 0 Å². The van der Waals surface area contributed by atoms with Crippen molar-refractivity contribution in [3.05, 3.63) is 0 Å². The van der Waals surface area contributed by atoms with E-state index in [4.69, 9.17) is 0 Å². The number of hydrogen-bond donors (Lipinski definition) is 0. The van der Waals surface area contributed by atoms with Crippen molar-refractivity contribution in [3.8, 4) is 0 Å². The van der Waals surface area contributed by atoms with E-state index >= 15 is 0 Å². The first-order valence-electron chi connectivity index (χ1n) is 10.6. The molecular weight excluding hydrogens is 319 g/mol. The predicted molar refractivity (Wildman–Crippen MR) is 109 cm³/mol. The van der Waals surface area contributed by atoms with Crippen molar-refractivity contribution in [1.29, 1.82) is 0 Å². The van der Waals surface area contributed by atoms with E-state index in [9.17, 15) is 0 Å². The summed E-state index contributed by atoms with van der Waals surface area (Å²) in [6, 6.07) is 0. The second-order valence-corrected chi connectivity index (χ2v) is 11.9. The lowest BCUT2D eigenvalue weighted by molar-refractivity contribution is -0.00000516. The summed E-state index contributed by atoms with van der Waals surface area (Å²) >= 11 is 0. The molecule has 0 fully saturated rings. The number of unbranched alkanes of at least 4 members (excludes halogenated alkanes) is 9. The fraction of sp³-hybridized carbons (Fsp3) is 1.00. The van der Waals surface area contributed by atoms with Crippen LogP contribution in [0.4, 0.5) is 0 Å². The van der Waals surface area contributed by atoms with E-state index in [1.165, 1.54) is 83.5 Å². The van der Waals surface area contributed by atoms with Crippen molar-refractivity contribution in [2.75, 3.05) is 24.6 Å². The van der Waals surface area contributed by atoms with Crippen LogP contribution in [0.5, 0.6) is 0 Å². The monoisotopic (exact) mass is 364 g/mol. The fourth-order valence-corrected chi connectivity index (χ4v) is 9.11. The standard InChI is InChI=1S/C21H46P.ClH/c1-5-9-10-11-12-13-14-15-16-17-21-22(18-6-2,19-7-3)20-8-4;/h5-21H2,1-4H3;1H/q+1;/p-1. The minimum Gasteiger partial charge on any atom is -1.00 e. The summed E-state index contributed by atoms with van der Waals surface area (Å²) in [4.78, 5) is 0. The van der Waals surface area contributed by atoms with Crippen molar-refractivity contribution in [3.63, 3.8) is 0 Å². The molecule has 0 aromatic rings. The zero-order chi connectivity index (χ0) is 16.5. The third kappa shape index (κ3) is 14.7. The Morgan fingerprint density at radius 2 is 0.739 bits per heavy atom. The average Bonchev–Trinajstić information content (AvgIpc) is 2.50. The lowest BCUT2D eigenvalue weighted by Crippen LogP contribution is -3.00. The summed E-state index contributed by atoms with van der Waals surface area (Å²) in [6.07, 6.45) is 25.4. The highest BCUT2D eigenvalue weighted by molar-refractivity contribution is 7.75. The van der Waals surface area contributed by atoms with Crippen LogP contribution in [0.1, 0.15) is 111 Å². The van der Waals surface area contributed by atoms with E-state index in [0.717, 1.165) is 0 Å². The minimum atomic E-state index is -0.570. The Bertz CT molecular complexity index is 201. The van der Waals surface area contributed by atoms with Gasteiger partial charge in [-0.3, -0.25) is 0 Å². The van der Waals surface area contributed by atoms with Gasteiger partial charge in [0.15, 0.2) is 0 Å². The summed E-state index contributed by atoms with van der Waals surface area (Å²) < 4.78 is 0. The highest BCUT2D eigenvalue weighted by Gasteiger charge is 2.33. The molecule has 0 saturated carbocycles. The molecule has 0 aromatic heterocycles. The second-order valence-electron chi connectivity index (χ2n) is 7.42. The molecule has 0 N–H and O–H groups in total. The third-order valence-corrected chi connectivity index (χ3v) is 10.5. The Morgan fingerprint density at radius 1 is 0.391 bits per heavy atom. The first kappa shape index (κ1) is 26.0. The van der Waals surface area contributed by atoms with E-state index in [2.05, 4.69) is 27.7 Å². The fourth-order valence-electron chi connectivity index (χ4n) is 4.03. The van der Waals surface area contributed by atoms with Gasteiger partial charge in [0.25, 0.3) is 0 Å². The van der Waals surface area contributed by atoms with Crippen LogP contribution in [0.3, 0.4) is 0 Å². The van der Waals surface area contributed by atoms with Crippen molar-refractivity contribution in [2.45, 2.75) is 111 Å². The molecule has 0 rings (SSSR count). The van der Waals surface area contributed by atoms with Gasteiger partial charge in [-0.25, -0.2) is 0 Å². The molecule has 0 radical (unpaired) electrons. The van der Waals surface area contributed by atoms with Crippen LogP contribution in [0.25, 0.3) is 0 Å². The molecule has 0 aromatic carbocycles. The number of hydrogen-bond acceptors (Lipinski definition) is 0. The van der Waals surface area contributed by atoms with Crippen molar-refractivity contribution in [2.24, 2.45) is 0 Å². The molecular formula is C21H46ClP. The third-order valence-electron chi connectivity index (χ3n) is 5.08. The lowest BCUT2D eigenvalue weighted by Gasteiger charge is -2.27. The quantitative estimate of drug-likeness (QED) is 0.247.